The lowest BCUT2D eigenvalue weighted by Gasteiger charge is -2.23. The van der Waals surface area contributed by atoms with Crippen LogP contribution >= 0.6 is 34.8 Å². The Morgan fingerprint density at radius 3 is 1.53 bits per heavy atom. The Balaban J connectivity index is 0.000000237. The molecule has 15 nitrogen and oxygen atoms in total. The average Bonchev–Trinajstić information content (AvgIpc) is 3.89. The molecule has 376 valence electrons. The van der Waals surface area contributed by atoms with Gasteiger partial charge in [0.1, 0.15) is 47.5 Å². The third-order valence-electron chi connectivity index (χ3n) is 10.2. The van der Waals surface area contributed by atoms with Crippen LogP contribution in [0, 0.1) is 13.8 Å². The summed E-state index contributed by atoms with van der Waals surface area (Å²) in [7, 11) is 0. The van der Waals surface area contributed by atoms with Crippen LogP contribution in [-0.4, -0.2) is 80.2 Å². The fourth-order valence-electron chi connectivity index (χ4n) is 6.98. The van der Waals surface area contributed by atoms with Gasteiger partial charge in [0.05, 0.1) is 24.6 Å². The van der Waals surface area contributed by atoms with Gasteiger partial charge in [0.25, 0.3) is 0 Å². The minimum absolute atomic E-state index is 0.0144. The van der Waals surface area contributed by atoms with Gasteiger partial charge in [-0.2, -0.15) is 0 Å². The van der Waals surface area contributed by atoms with Gasteiger partial charge in [-0.1, -0.05) is 83.9 Å². The number of aromatic nitrogens is 2. The number of carboxylic acid groups (broad SMARTS) is 1. The number of aliphatic carboxylic acids is 1. The first-order chi connectivity index (χ1) is 34.4. The molecule has 0 fully saturated rings. The number of benzene rings is 5. The van der Waals surface area contributed by atoms with E-state index in [1.807, 2.05) is 98.8 Å². The van der Waals surface area contributed by atoms with Crippen LogP contribution in [0.3, 0.4) is 0 Å². The van der Waals surface area contributed by atoms with Crippen LogP contribution < -0.4 is 14.2 Å². The number of aryl methyl sites for hydroxylation is 2. The fourth-order valence-corrected chi connectivity index (χ4v) is 7.60. The highest BCUT2D eigenvalue weighted by atomic mass is 35.5. The zero-order valence-electron chi connectivity index (χ0n) is 40.2. The largest absolute Gasteiger partial charge is 0.493 e. The van der Waals surface area contributed by atoms with E-state index in [4.69, 9.17) is 62.6 Å². The van der Waals surface area contributed by atoms with Crippen molar-refractivity contribution in [2.45, 2.75) is 66.2 Å². The molecule has 7 rings (SSSR count). The minimum Gasteiger partial charge on any atom is -0.493 e. The molecule has 0 saturated carbocycles. The van der Waals surface area contributed by atoms with Gasteiger partial charge < -0.3 is 37.8 Å². The number of hydrogen-bond acceptors (Lipinski definition) is 12. The first-order valence-electron chi connectivity index (χ1n) is 22.6. The quantitative estimate of drug-likeness (QED) is 0.0459. The lowest BCUT2D eigenvalue weighted by atomic mass is 10.2. The second-order valence-electron chi connectivity index (χ2n) is 17.2. The molecule has 0 aliphatic heterocycles. The lowest BCUT2D eigenvalue weighted by Crippen LogP contribution is -2.37. The number of rotatable bonds is 19. The molecule has 0 bridgehead atoms. The smallest absolute Gasteiger partial charge is 0.416 e. The Bertz CT molecular complexity index is 2920. The number of ether oxygens (including phenoxy) is 4. The van der Waals surface area contributed by atoms with Gasteiger partial charge in [-0.05, 0) is 124 Å². The molecular weight excluding hydrogens is 987 g/mol. The van der Waals surface area contributed by atoms with Crippen LogP contribution in [-0.2, 0) is 40.3 Å². The van der Waals surface area contributed by atoms with Crippen molar-refractivity contribution in [2.24, 2.45) is 0 Å². The second-order valence-corrected chi connectivity index (χ2v) is 18.4. The van der Waals surface area contributed by atoms with Crippen molar-refractivity contribution in [1.29, 1.82) is 0 Å². The topological polar surface area (TPSA) is 184 Å². The number of carboxylic acids is 1. The van der Waals surface area contributed by atoms with Crippen LogP contribution in [0.15, 0.2) is 136 Å². The highest BCUT2D eigenvalue weighted by Crippen LogP contribution is 2.27. The number of amides is 2. The maximum atomic E-state index is 12.7. The average molecular weight is 1040 g/mol. The van der Waals surface area contributed by atoms with Crippen LogP contribution in [0.25, 0.3) is 22.9 Å². The van der Waals surface area contributed by atoms with Crippen molar-refractivity contribution in [1.82, 2.24) is 19.8 Å². The van der Waals surface area contributed by atoms with E-state index in [2.05, 4.69) is 9.97 Å². The zero-order valence-corrected chi connectivity index (χ0v) is 42.5. The summed E-state index contributed by atoms with van der Waals surface area (Å²) >= 11 is 17.6. The van der Waals surface area contributed by atoms with E-state index in [1.165, 1.54) is 23.1 Å². The molecule has 0 saturated heterocycles. The first kappa shape index (κ1) is 54.0. The Labute approximate surface area is 432 Å². The minimum atomic E-state index is -1.18. The molecule has 2 heterocycles. The molecule has 0 aliphatic carbocycles. The zero-order chi connectivity index (χ0) is 51.8. The first-order valence-corrected chi connectivity index (χ1v) is 23.8. The van der Waals surface area contributed by atoms with Gasteiger partial charge in [-0.15, -0.1) is 0 Å². The molecule has 0 radical (unpaired) electrons. The molecule has 0 unspecified atom stereocenters. The summed E-state index contributed by atoms with van der Waals surface area (Å²) in [4.78, 5) is 59.5. The highest BCUT2D eigenvalue weighted by molar-refractivity contribution is 6.62. The summed E-state index contributed by atoms with van der Waals surface area (Å²) in [5.74, 6) is 2.25. The number of oxazole rings is 2. The van der Waals surface area contributed by atoms with Crippen LogP contribution in [0.2, 0.25) is 10.0 Å². The highest BCUT2D eigenvalue weighted by Gasteiger charge is 2.23. The van der Waals surface area contributed by atoms with Gasteiger partial charge in [0, 0.05) is 47.1 Å². The van der Waals surface area contributed by atoms with Gasteiger partial charge in [0.15, 0.2) is 0 Å². The van der Waals surface area contributed by atoms with E-state index >= 15 is 0 Å². The molecule has 0 atom stereocenters. The van der Waals surface area contributed by atoms with E-state index in [1.54, 1.807) is 45.0 Å². The normalized spacial score (nSPS) is 10.9. The summed E-state index contributed by atoms with van der Waals surface area (Å²) in [5, 5.41) is 9.15. The second kappa shape index (κ2) is 25.7. The summed E-state index contributed by atoms with van der Waals surface area (Å²) in [5.41, 5.74) is 4.26. The summed E-state index contributed by atoms with van der Waals surface area (Å²) < 4.78 is 34.0. The van der Waals surface area contributed by atoms with E-state index in [-0.39, 0.29) is 35.4 Å². The van der Waals surface area contributed by atoms with Crippen molar-refractivity contribution in [3.8, 4) is 40.2 Å². The van der Waals surface area contributed by atoms with Crippen molar-refractivity contribution < 1.29 is 52.1 Å². The summed E-state index contributed by atoms with van der Waals surface area (Å²) in [6, 6.07) is 38.1. The van der Waals surface area contributed by atoms with Gasteiger partial charge in [-0.25, -0.2) is 14.8 Å². The van der Waals surface area contributed by atoms with Crippen molar-refractivity contribution in [3.63, 3.8) is 0 Å². The van der Waals surface area contributed by atoms with E-state index in [0.29, 0.717) is 54.9 Å². The van der Waals surface area contributed by atoms with Gasteiger partial charge in [0.2, 0.25) is 11.8 Å². The standard InChI is InChI=1S/C28H24Cl2N2O6.C26H29ClN2O5/c1-18-25(31-27(37-18)20-7-3-2-4-8-20)10-11-36-23-9-5-6-19(12-23)16-32(17-26(33)34)28(35)38-24-14-21(29)13-22(30)15-24;1-18-22(28-24(33-18)20-10-6-5-7-11-20)13-14-32-21-12-8-9-19(15-21)16-29(25(27)31)17-23(30)34-26(2,3)4/h2-9,12-15H,10-11,16-17H2,1H3,(H,33,34);5-12,15H,13-14,16-17H2,1-4H3. The predicted molar refractivity (Wildman–Crippen MR) is 273 cm³/mol. The van der Waals surface area contributed by atoms with E-state index in [9.17, 15) is 24.3 Å². The number of esters is 1. The molecule has 7 aromatic rings. The monoisotopic (exact) mass is 1040 g/mol. The molecule has 0 spiro atoms. The molecule has 2 aromatic heterocycles. The molecule has 5 aromatic carbocycles. The van der Waals surface area contributed by atoms with Crippen LogP contribution in [0.4, 0.5) is 9.59 Å². The maximum Gasteiger partial charge on any atom is 0.416 e. The van der Waals surface area contributed by atoms with Crippen molar-refractivity contribution in [3.05, 3.63) is 171 Å². The Hall–Kier alpha value is -7.33. The number of nitrogens with zero attached hydrogens (tertiary/aromatic N) is 4. The summed E-state index contributed by atoms with van der Waals surface area (Å²) in [6.07, 6.45) is 0.261. The molecule has 2 amide bonds. The number of carbonyl (C=O) groups excluding carboxylic acids is 3. The Kier molecular flexibility index (Phi) is 19.3. The predicted octanol–water partition coefficient (Wildman–Crippen LogP) is 12.4. The molecule has 0 aliphatic rings. The fraction of sp³-hybridized carbons (Fsp3) is 0.259. The van der Waals surface area contributed by atoms with Crippen LogP contribution in [0.1, 0.15) is 54.8 Å². The van der Waals surface area contributed by atoms with E-state index < -0.39 is 35.5 Å². The van der Waals surface area contributed by atoms with Crippen molar-refractivity contribution >= 4 is 58.2 Å². The number of hydrogen-bond donors (Lipinski definition) is 1. The van der Waals surface area contributed by atoms with Crippen molar-refractivity contribution in [2.75, 3.05) is 26.3 Å². The molecule has 72 heavy (non-hydrogen) atoms. The third-order valence-corrected chi connectivity index (χ3v) is 10.9. The van der Waals surface area contributed by atoms with Gasteiger partial charge >= 0.3 is 23.4 Å². The maximum absolute atomic E-state index is 12.7. The summed E-state index contributed by atoms with van der Waals surface area (Å²) in [6.45, 7) is 9.14. The van der Waals surface area contributed by atoms with Crippen LogP contribution in [0.5, 0.6) is 17.2 Å². The number of carbonyl (C=O) groups is 4. The number of halogens is 3. The molecule has 18 heteroatoms. The third kappa shape index (κ3) is 17.2. The molecular formula is C54H53Cl3N4O11. The van der Waals surface area contributed by atoms with E-state index in [0.717, 1.165) is 44.5 Å². The molecule has 1 N–H and O–H groups in total. The SMILES string of the molecule is Cc1oc(-c2ccccc2)nc1CCOc1cccc(CN(CC(=O)O)C(=O)Oc2cc(Cl)cc(Cl)c2)c1.Cc1oc(-c2ccccc2)nc1CCOc1cccc(CN(CC(=O)OC(C)(C)C)C(=O)Cl)c1. The van der Waals surface area contributed by atoms with Gasteiger partial charge in [-0.3, -0.25) is 19.3 Å². The lowest BCUT2D eigenvalue weighted by molar-refractivity contribution is -0.155. The Morgan fingerprint density at radius 1 is 0.611 bits per heavy atom. The Morgan fingerprint density at radius 2 is 1.08 bits per heavy atom.